The summed E-state index contributed by atoms with van der Waals surface area (Å²) in [6.07, 6.45) is 1.20. The number of hydrogen-bond donors (Lipinski definition) is 1. The SMILES string of the molecule is CN(C)CCCNCCN(C)Cc1ccc(Cl)cc1. The molecule has 3 nitrogen and oxygen atoms in total. The van der Waals surface area contributed by atoms with Crippen LogP contribution in [0.4, 0.5) is 0 Å². The summed E-state index contributed by atoms with van der Waals surface area (Å²) in [7, 11) is 6.37. The zero-order chi connectivity index (χ0) is 14.1. The van der Waals surface area contributed by atoms with Crippen molar-refractivity contribution in [1.82, 2.24) is 15.1 Å². The van der Waals surface area contributed by atoms with Crippen LogP contribution < -0.4 is 5.32 Å². The molecule has 108 valence electrons. The van der Waals surface area contributed by atoms with E-state index in [0.717, 1.165) is 37.7 Å². The van der Waals surface area contributed by atoms with E-state index in [2.05, 4.69) is 48.4 Å². The highest BCUT2D eigenvalue weighted by molar-refractivity contribution is 6.30. The maximum absolute atomic E-state index is 5.88. The molecule has 0 amide bonds. The van der Waals surface area contributed by atoms with Crippen LogP contribution in [0.25, 0.3) is 0 Å². The van der Waals surface area contributed by atoms with Gasteiger partial charge in [-0.15, -0.1) is 0 Å². The summed E-state index contributed by atoms with van der Waals surface area (Å²) in [6.45, 7) is 5.30. The maximum Gasteiger partial charge on any atom is 0.0406 e. The quantitative estimate of drug-likeness (QED) is 0.702. The minimum Gasteiger partial charge on any atom is -0.315 e. The number of likely N-dealkylation sites (N-methyl/N-ethyl adjacent to an activating group) is 1. The summed E-state index contributed by atoms with van der Waals surface area (Å²) in [5.41, 5.74) is 1.31. The van der Waals surface area contributed by atoms with Crippen molar-refractivity contribution in [3.05, 3.63) is 34.9 Å². The Kier molecular flexibility index (Phi) is 8.07. The van der Waals surface area contributed by atoms with Crippen LogP contribution in [0.2, 0.25) is 5.02 Å². The first-order valence-electron chi connectivity index (χ1n) is 6.86. The molecule has 0 saturated carbocycles. The Morgan fingerprint density at radius 2 is 1.68 bits per heavy atom. The number of benzene rings is 1. The molecule has 1 aromatic rings. The lowest BCUT2D eigenvalue weighted by molar-refractivity contribution is 0.321. The lowest BCUT2D eigenvalue weighted by atomic mass is 10.2. The third-order valence-electron chi connectivity index (χ3n) is 2.99. The number of nitrogens with zero attached hydrogens (tertiary/aromatic N) is 2. The van der Waals surface area contributed by atoms with Gasteiger partial charge in [0.15, 0.2) is 0 Å². The first-order valence-corrected chi connectivity index (χ1v) is 7.24. The van der Waals surface area contributed by atoms with Crippen molar-refractivity contribution in [3.63, 3.8) is 0 Å². The second-order valence-electron chi connectivity index (χ2n) is 5.27. The van der Waals surface area contributed by atoms with Crippen LogP contribution >= 0.6 is 11.6 Å². The minimum atomic E-state index is 0.800. The fourth-order valence-corrected chi connectivity index (χ4v) is 2.02. The summed E-state index contributed by atoms with van der Waals surface area (Å²) in [4.78, 5) is 4.54. The molecule has 0 atom stereocenters. The summed E-state index contributed by atoms with van der Waals surface area (Å²) in [5, 5.41) is 4.28. The fraction of sp³-hybridized carbons (Fsp3) is 0.600. The van der Waals surface area contributed by atoms with Crippen molar-refractivity contribution >= 4 is 11.6 Å². The van der Waals surface area contributed by atoms with Gasteiger partial charge in [0.2, 0.25) is 0 Å². The second-order valence-corrected chi connectivity index (χ2v) is 5.71. The van der Waals surface area contributed by atoms with Gasteiger partial charge in [-0.3, -0.25) is 0 Å². The zero-order valence-corrected chi connectivity index (χ0v) is 13.1. The second kappa shape index (κ2) is 9.32. The van der Waals surface area contributed by atoms with Gasteiger partial charge in [0.1, 0.15) is 0 Å². The van der Waals surface area contributed by atoms with E-state index in [4.69, 9.17) is 11.6 Å². The molecule has 0 fully saturated rings. The van der Waals surface area contributed by atoms with Crippen LogP contribution in [0.15, 0.2) is 24.3 Å². The topological polar surface area (TPSA) is 18.5 Å². The molecule has 0 unspecified atom stereocenters. The van der Waals surface area contributed by atoms with E-state index in [0.29, 0.717) is 0 Å². The van der Waals surface area contributed by atoms with Crippen LogP contribution in [0.5, 0.6) is 0 Å². The Bertz CT molecular complexity index is 338. The lowest BCUT2D eigenvalue weighted by Crippen LogP contribution is -2.30. The molecule has 0 aromatic heterocycles. The van der Waals surface area contributed by atoms with E-state index >= 15 is 0 Å². The number of rotatable bonds is 9. The smallest absolute Gasteiger partial charge is 0.0406 e. The fourth-order valence-electron chi connectivity index (χ4n) is 1.90. The Labute approximate surface area is 122 Å². The van der Waals surface area contributed by atoms with Gasteiger partial charge in [-0.1, -0.05) is 23.7 Å². The highest BCUT2D eigenvalue weighted by Gasteiger charge is 2.00. The summed E-state index contributed by atoms with van der Waals surface area (Å²) >= 11 is 5.88. The van der Waals surface area contributed by atoms with E-state index < -0.39 is 0 Å². The largest absolute Gasteiger partial charge is 0.315 e. The standard InChI is InChI=1S/C15H26ClN3/c1-18(2)11-4-9-17-10-12-19(3)13-14-5-7-15(16)8-6-14/h5-8,17H,4,9-13H2,1-3H3. The molecule has 0 aliphatic carbocycles. The molecule has 1 rings (SSSR count). The van der Waals surface area contributed by atoms with Gasteiger partial charge in [-0.25, -0.2) is 0 Å². The minimum absolute atomic E-state index is 0.800. The van der Waals surface area contributed by atoms with Crippen LogP contribution in [-0.4, -0.2) is 57.1 Å². The van der Waals surface area contributed by atoms with Crippen molar-refractivity contribution in [2.24, 2.45) is 0 Å². The molecule has 1 aromatic carbocycles. The first kappa shape index (κ1) is 16.4. The highest BCUT2D eigenvalue weighted by atomic mass is 35.5. The third-order valence-corrected chi connectivity index (χ3v) is 3.25. The number of nitrogens with one attached hydrogen (secondary N) is 1. The van der Waals surface area contributed by atoms with Crippen LogP contribution in [-0.2, 0) is 6.54 Å². The molecule has 19 heavy (non-hydrogen) atoms. The van der Waals surface area contributed by atoms with Crippen LogP contribution in [0, 0.1) is 0 Å². The maximum atomic E-state index is 5.88. The predicted molar refractivity (Wildman–Crippen MR) is 83.8 cm³/mol. The van der Waals surface area contributed by atoms with E-state index in [9.17, 15) is 0 Å². The lowest BCUT2D eigenvalue weighted by Gasteiger charge is -2.17. The Morgan fingerprint density at radius 3 is 2.32 bits per heavy atom. The molecule has 0 aliphatic heterocycles. The molecule has 0 saturated heterocycles. The van der Waals surface area contributed by atoms with Gasteiger partial charge in [0, 0.05) is 24.7 Å². The van der Waals surface area contributed by atoms with Crippen LogP contribution in [0.3, 0.4) is 0 Å². The van der Waals surface area contributed by atoms with Gasteiger partial charge in [-0.2, -0.15) is 0 Å². The molecule has 4 heteroatoms. The van der Waals surface area contributed by atoms with Gasteiger partial charge < -0.3 is 15.1 Å². The Morgan fingerprint density at radius 1 is 1.00 bits per heavy atom. The van der Waals surface area contributed by atoms with Crippen molar-refractivity contribution in [2.45, 2.75) is 13.0 Å². The van der Waals surface area contributed by atoms with Gasteiger partial charge in [-0.05, 0) is 58.3 Å². The van der Waals surface area contributed by atoms with Gasteiger partial charge in [0.05, 0.1) is 0 Å². The van der Waals surface area contributed by atoms with Crippen molar-refractivity contribution < 1.29 is 0 Å². The molecule has 0 bridgehead atoms. The molecule has 0 aliphatic rings. The molecule has 0 spiro atoms. The zero-order valence-electron chi connectivity index (χ0n) is 12.3. The van der Waals surface area contributed by atoms with Crippen LogP contribution in [0.1, 0.15) is 12.0 Å². The normalized spacial score (nSPS) is 11.5. The van der Waals surface area contributed by atoms with E-state index in [1.54, 1.807) is 0 Å². The average Bonchev–Trinajstić information content (AvgIpc) is 2.36. The van der Waals surface area contributed by atoms with Crippen molar-refractivity contribution in [3.8, 4) is 0 Å². The average molecular weight is 284 g/mol. The van der Waals surface area contributed by atoms with Gasteiger partial charge in [0.25, 0.3) is 0 Å². The number of hydrogen-bond acceptors (Lipinski definition) is 3. The Hall–Kier alpha value is -0.610. The van der Waals surface area contributed by atoms with Gasteiger partial charge >= 0.3 is 0 Å². The van der Waals surface area contributed by atoms with Crippen molar-refractivity contribution in [2.75, 3.05) is 47.3 Å². The highest BCUT2D eigenvalue weighted by Crippen LogP contribution is 2.10. The molecule has 1 N–H and O–H groups in total. The molecular weight excluding hydrogens is 258 g/mol. The third kappa shape index (κ3) is 8.22. The Balaban J connectivity index is 2.08. The summed E-state index contributed by atoms with van der Waals surface area (Å²) in [5.74, 6) is 0. The van der Waals surface area contributed by atoms with E-state index in [1.165, 1.54) is 12.0 Å². The molecular formula is C15H26ClN3. The molecule has 0 heterocycles. The number of halogens is 1. The summed E-state index contributed by atoms with van der Waals surface area (Å²) < 4.78 is 0. The van der Waals surface area contributed by atoms with Crippen molar-refractivity contribution in [1.29, 1.82) is 0 Å². The monoisotopic (exact) mass is 283 g/mol. The van der Waals surface area contributed by atoms with E-state index in [1.807, 2.05) is 12.1 Å². The first-order chi connectivity index (χ1) is 9.08. The molecule has 0 radical (unpaired) electrons. The summed E-state index contributed by atoms with van der Waals surface area (Å²) in [6, 6.07) is 8.07. The predicted octanol–water partition coefficient (Wildman–Crippen LogP) is 2.31. The van der Waals surface area contributed by atoms with E-state index in [-0.39, 0.29) is 0 Å².